The van der Waals surface area contributed by atoms with E-state index in [0.717, 1.165) is 40.5 Å². The fraction of sp³-hybridized carbons (Fsp3) is 0.231. The summed E-state index contributed by atoms with van der Waals surface area (Å²) < 4.78 is 21.4. The van der Waals surface area contributed by atoms with E-state index in [2.05, 4.69) is 5.16 Å². The second kappa shape index (κ2) is 8.86. The van der Waals surface area contributed by atoms with E-state index >= 15 is 0 Å². The Kier molecular flexibility index (Phi) is 5.60. The van der Waals surface area contributed by atoms with Crippen LogP contribution in [0.3, 0.4) is 0 Å². The Morgan fingerprint density at radius 2 is 1.48 bits per heavy atom. The number of methoxy groups -OCH3 is 2. The number of fused-ring (bicyclic) bond motifs is 1. The van der Waals surface area contributed by atoms with Gasteiger partial charge in [-0.25, -0.2) is 4.79 Å². The number of rotatable bonds is 7. The fourth-order valence-electron chi connectivity index (χ4n) is 3.98. The van der Waals surface area contributed by atoms with Gasteiger partial charge in [-0.15, -0.1) is 0 Å². The van der Waals surface area contributed by atoms with Gasteiger partial charge >= 0.3 is 5.97 Å². The highest BCUT2D eigenvalue weighted by molar-refractivity contribution is 6.05. The third-order valence-electron chi connectivity index (χ3n) is 5.90. The van der Waals surface area contributed by atoms with Gasteiger partial charge < -0.3 is 23.8 Å². The lowest BCUT2D eigenvalue weighted by atomic mass is 10.0. The van der Waals surface area contributed by atoms with Gasteiger partial charge in [0, 0.05) is 5.92 Å². The Bertz CT molecular complexity index is 1190. The van der Waals surface area contributed by atoms with Crippen LogP contribution in [0.1, 0.15) is 33.8 Å². The first-order valence-corrected chi connectivity index (χ1v) is 10.6. The van der Waals surface area contributed by atoms with Crippen molar-refractivity contribution < 1.29 is 28.6 Å². The SMILES string of the molecule is COc1ccc(C(=O)O/N=C(\c2ccc(OC)cc2)[C@H]2C[C@H]2c2ccc3c(c2)OCO3)cc1. The number of hydrogen-bond donors (Lipinski definition) is 0. The summed E-state index contributed by atoms with van der Waals surface area (Å²) in [4.78, 5) is 17.9. The van der Waals surface area contributed by atoms with Crippen LogP contribution < -0.4 is 18.9 Å². The molecule has 1 saturated carbocycles. The van der Waals surface area contributed by atoms with E-state index in [4.69, 9.17) is 23.8 Å². The van der Waals surface area contributed by atoms with Crippen molar-refractivity contribution in [3.63, 3.8) is 0 Å². The number of oxime groups is 1. The Balaban J connectivity index is 1.39. The molecule has 1 aliphatic carbocycles. The second-order valence-electron chi connectivity index (χ2n) is 7.87. The van der Waals surface area contributed by atoms with Crippen molar-refractivity contribution in [1.82, 2.24) is 0 Å². The zero-order valence-electron chi connectivity index (χ0n) is 18.3. The van der Waals surface area contributed by atoms with Crippen LogP contribution in [0.5, 0.6) is 23.0 Å². The molecule has 7 nitrogen and oxygen atoms in total. The summed E-state index contributed by atoms with van der Waals surface area (Å²) in [6, 6.07) is 20.3. The van der Waals surface area contributed by atoms with Crippen molar-refractivity contribution in [2.24, 2.45) is 11.1 Å². The maximum Gasteiger partial charge on any atom is 0.365 e. The van der Waals surface area contributed by atoms with Gasteiger partial charge in [-0.1, -0.05) is 11.2 Å². The molecule has 168 valence electrons. The molecule has 0 radical (unpaired) electrons. The zero-order chi connectivity index (χ0) is 22.8. The first-order chi connectivity index (χ1) is 16.2. The lowest BCUT2D eigenvalue weighted by Crippen LogP contribution is -2.09. The summed E-state index contributed by atoms with van der Waals surface area (Å²) in [7, 11) is 3.20. The first kappa shape index (κ1) is 20.9. The monoisotopic (exact) mass is 445 g/mol. The average molecular weight is 445 g/mol. The minimum Gasteiger partial charge on any atom is -0.497 e. The molecular formula is C26H23NO6. The number of nitrogens with zero attached hydrogens (tertiary/aromatic N) is 1. The molecular weight excluding hydrogens is 422 g/mol. The van der Waals surface area contributed by atoms with Gasteiger partial charge in [-0.2, -0.15) is 0 Å². The molecule has 2 atom stereocenters. The molecule has 0 unspecified atom stereocenters. The van der Waals surface area contributed by atoms with Crippen LogP contribution in [-0.2, 0) is 4.84 Å². The number of hydrogen-bond acceptors (Lipinski definition) is 7. The third kappa shape index (κ3) is 4.35. The maximum atomic E-state index is 12.6. The standard InChI is InChI=1S/C26H23NO6/c1-29-19-8-3-16(4-9-19)25(27-33-26(28)17-5-10-20(30-2)11-6-17)22-14-21(22)18-7-12-23-24(13-18)32-15-31-23/h3-13,21-22H,14-15H2,1-2H3/b27-25+/t21-,22-/m0/s1. The lowest BCUT2D eigenvalue weighted by molar-refractivity contribution is 0.0515. The van der Waals surface area contributed by atoms with Crippen LogP contribution >= 0.6 is 0 Å². The topological polar surface area (TPSA) is 75.6 Å². The molecule has 3 aromatic rings. The molecule has 0 aromatic heterocycles. The molecule has 33 heavy (non-hydrogen) atoms. The van der Waals surface area contributed by atoms with E-state index in [0.29, 0.717) is 11.3 Å². The number of benzene rings is 3. The normalized spacial score (nSPS) is 18.5. The second-order valence-corrected chi connectivity index (χ2v) is 7.87. The van der Waals surface area contributed by atoms with Gasteiger partial charge in [-0.05, 0) is 84.1 Å². The van der Waals surface area contributed by atoms with Crippen LogP contribution in [0.25, 0.3) is 0 Å². The zero-order valence-corrected chi connectivity index (χ0v) is 18.3. The predicted molar refractivity (Wildman–Crippen MR) is 121 cm³/mol. The van der Waals surface area contributed by atoms with Crippen molar-refractivity contribution in [2.45, 2.75) is 12.3 Å². The summed E-state index contributed by atoms with van der Waals surface area (Å²) in [6.07, 6.45) is 0.893. The first-order valence-electron chi connectivity index (χ1n) is 10.6. The van der Waals surface area contributed by atoms with E-state index in [1.54, 1.807) is 38.5 Å². The minimum atomic E-state index is -0.524. The van der Waals surface area contributed by atoms with Crippen LogP contribution in [0.15, 0.2) is 71.9 Å². The summed E-state index contributed by atoms with van der Waals surface area (Å²) in [5, 5.41) is 4.32. The molecule has 7 heteroatoms. The molecule has 0 spiro atoms. The van der Waals surface area contributed by atoms with Crippen molar-refractivity contribution >= 4 is 11.7 Å². The molecule has 2 aliphatic rings. The van der Waals surface area contributed by atoms with E-state index in [1.165, 1.54) is 0 Å². The molecule has 3 aromatic carbocycles. The van der Waals surface area contributed by atoms with Crippen molar-refractivity contribution in [2.75, 3.05) is 21.0 Å². The number of carbonyl (C=O) groups is 1. The molecule has 0 amide bonds. The summed E-state index contributed by atoms with van der Waals surface area (Å²) in [5.74, 6) is 2.77. The van der Waals surface area contributed by atoms with Crippen molar-refractivity contribution in [3.05, 3.63) is 83.4 Å². The highest BCUT2D eigenvalue weighted by Crippen LogP contribution is 2.51. The molecule has 1 heterocycles. The van der Waals surface area contributed by atoms with Gasteiger partial charge in [0.05, 0.1) is 25.5 Å². The van der Waals surface area contributed by atoms with Gasteiger partial charge in [0.2, 0.25) is 6.79 Å². The molecule has 1 aliphatic heterocycles. The summed E-state index contributed by atoms with van der Waals surface area (Å²) in [5.41, 5.74) is 3.15. The van der Waals surface area contributed by atoms with E-state index < -0.39 is 5.97 Å². The number of ether oxygens (including phenoxy) is 4. The predicted octanol–water partition coefficient (Wildman–Crippen LogP) is 4.80. The quantitative estimate of drug-likeness (QED) is 0.296. The molecule has 0 bridgehead atoms. The minimum absolute atomic E-state index is 0.113. The van der Waals surface area contributed by atoms with E-state index in [1.807, 2.05) is 42.5 Å². The van der Waals surface area contributed by atoms with Crippen molar-refractivity contribution in [1.29, 1.82) is 0 Å². The highest BCUT2D eigenvalue weighted by Gasteiger charge is 2.43. The Morgan fingerprint density at radius 3 is 2.15 bits per heavy atom. The van der Waals surface area contributed by atoms with E-state index in [9.17, 15) is 4.79 Å². The van der Waals surface area contributed by atoms with Crippen LogP contribution in [0.4, 0.5) is 0 Å². The Morgan fingerprint density at radius 1 is 0.848 bits per heavy atom. The van der Waals surface area contributed by atoms with Gasteiger partial charge in [0.25, 0.3) is 0 Å². The summed E-state index contributed by atoms with van der Waals surface area (Å²) >= 11 is 0. The summed E-state index contributed by atoms with van der Waals surface area (Å²) in [6.45, 7) is 0.243. The van der Waals surface area contributed by atoms with E-state index in [-0.39, 0.29) is 18.6 Å². The van der Waals surface area contributed by atoms with Crippen LogP contribution in [0, 0.1) is 5.92 Å². The molecule has 0 saturated heterocycles. The lowest BCUT2D eigenvalue weighted by Gasteiger charge is -2.09. The molecule has 5 rings (SSSR count). The highest BCUT2D eigenvalue weighted by atomic mass is 16.7. The van der Waals surface area contributed by atoms with Gasteiger partial charge in [0.1, 0.15) is 11.5 Å². The van der Waals surface area contributed by atoms with Crippen molar-refractivity contribution in [3.8, 4) is 23.0 Å². The van der Waals surface area contributed by atoms with Gasteiger partial charge in [-0.3, -0.25) is 0 Å². The number of carbonyl (C=O) groups excluding carboxylic acids is 1. The maximum absolute atomic E-state index is 12.6. The third-order valence-corrected chi connectivity index (χ3v) is 5.90. The Hall–Kier alpha value is -4.00. The smallest absolute Gasteiger partial charge is 0.365 e. The molecule has 1 fully saturated rings. The fourth-order valence-corrected chi connectivity index (χ4v) is 3.98. The Labute approximate surface area is 191 Å². The van der Waals surface area contributed by atoms with Crippen LogP contribution in [0.2, 0.25) is 0 Å². The van der Waals surface area contributed by atoms with Gasteiger partial charge in [0.15, 0.2) is 11.5 Å². The average Bonchev–Trinajstić information content (AvgIpc) is 3.51. The largest absolute Gasteiger partial charge is 0.497 e. The van der Waals surface area contributed by atoms with Crippen LogP contribution in [-0.4, -0.2) is 32.7 Å². The molecule has 0 N–H and O–H groups in total.